The standard InChI is InChI=1S/C13H10O2P2/c16-9-17-14-12-7-3-1-5-10(12)11-6-2-4-8-13(11)15-17/h1-9,16H. The summed E-state index contributed by atoms with van der Waals surface area (Å²) in [5, 5.41) is 2.14. The van der Waals surface area contributed by atoms with Gasteiger partial charge in [0.2, 0.25) is 8.01 Å². The summed E-state index contributed by atoms with van der Waals surface area (Å²) in [5.41, 5.74) is 3.49. The Labute approximate surface area is 102 Å². The lowest BCUT2D eigenvalue weighted by molar-refractivity contribution is 0.655. The number of para-hydroxylation sites is 2. The maximum absolute atomic E-state index is 5.83. The molecule has 0 aliphatic heterocycles. The van der Waals surface area contributed by atoms with Crippen LogP contribution in [0.15, 0.2) is 56.9 Å². The molecule has 0 unspecified atom stereocenters. The average Bonchev–Trinajstić information content (AvgIpc) is 2.55. The molecule has 3 rings (SSSR count). The molecule has 0 atom stereocenters. The van der Waals surface area contributed by atoms with Gasteiger partial charge in [0, 0.05) is 10.8 Å². The van der Waals surface area contributed by atoms with Gasteiger partial charge < -0.3 is 8.39 Å². The molecule has 2 nitrogen and oxygen atoms in total. The van der Waals surface area contributed by atoms with Gasteiger partial charge in [-0.05, 0) is 12.1 Å². The molecule has 0 bridgehead atoms. The molecule has 0 amide bonds. The van der Waals surface area contributed by atoms with E-state index >= 15 is 0 Å². The van der Waals surface area contributed by atoms with E-state index in [9.17, 15) is 0 Å². The Morgan fingerprint density at radius 3 is 1.76 bits per heavy atom. The number of benzene rings is 2. The van der Waals surface area contributed by atoms with Gasteiger partial charge in [0.15, 0.2) is 0 Å². The van der Waals surface area contributed by atoms with E-state index in [1.807, 2.05) is 48.5 Å². The number of rotatable bonds is 1. The highest BCUT2D eigenvalue weighted by Crippen LogP contribution is 2.33. The van der Waals surface area contributed by atoms with Crippen molar-refractivity contribution in [1.29, 1.82) is 0 Å². The van der Waals surface area contributed by atoms with Crippen LogP contribution < -0.4 is 0 Å². The maximum Gasteiger partial charge on any atom is 0.249 e. The Kier molecular flexibility index (Phi) is 2.76. The van der Waals surface area contributed by atoms with Crippen molar-refractivity contribution in [3.63, 3.8) is 0 Å². The van der Waals surface area contributed by atoms with Crippen LogP contribution >= 0.6 is 16.9 Å². The topological polar surface area (TPSA) is 26.3 Å². The number of fused-ring (bicyclic) bond motifs is 3. The first-order chi connectivity index (χ1) is 8.38. The second-order valence-electron chi connectivity index (χ2n) is 3.59. The van der Waals surface area contributed by atoms with E-state index in [-0.39, 0.29) is 0 Å². The molecule has 84 valence electrons. The third-order valence-electron chi connectivity index (χ3n) is 2.55. The van der Waals surface area contributed by atoms with E-state index in [0.717, 1.165) is 21.9 Å². The fourth-order valence-corrected chi connectivity index (χ4v) is 2.97. The molecular formula is C13H10O2P2. The van der Waals surface area contributed by atoms with Gasteiger partial charge in [-0.3, -0.25) is 0 Å². The normalized spacial score (nSPS) is 10.6. The Bertz CT molecular complexity index is 673. The molecule has 1 heterocycles. The number of hydrogen-bond donors (Lipinski definition) is 0. The fourth-order valence-electron chi connectivity index (χ4n) is 1.80. The van der Waals surface area contributed by atoms with Gasteiger partial charge in [0.05, 0.1) is 5.54 Å². The summed E-state index contributed by atoms with van der Waals surface area (Å²) in [7, 11) is 2.27. The van der Waals surface area contributed by atoms with Crippen molar-refractivity contribution < 1.29 is 8.39 Å². The first-order valence-corrected chi connectivity index (χ1v) is 7.05. The summed E-state index contributed by atoms with van der Waals surface area (Å²) in [6.45, 7) is 0. The van der Waals surface area contributed by atoms with E-state index in [2.05, 4.69) is 8.86 Å². The molecule has 0 aliphatic rings. The lowest BCUT2D eigenvalue weighted by Crippen LogP contribution is -1.69. The smallest absolute Gasteiger partial charge is 0.249 e. The molecule has 3 aromatic rings. The van der Waals surface area contributed by atoms with Gasteiger partial charge in [-0.25, -0.2) is 0 Å². The summed E-state index contributed by atoms with van der Waals surface area (Å²) >= 11 is 0. The van der Waals surface area contributed by atoms with Crippen molar-refractivity contribution >= 4 is 44.4 Å². The Balaban J connectivity index is 2.64. The summed E-state index contributed by atoms with van der Waals surface area (Å²) in [4.78, 5) is 0. The van der Waals surface area contributed by atoms with Crippen molar-refractivity contribution in [2.24, 2.45) is 0 Å². The quantitative estimate of drug-likeness (QED) is 0.573. The number of hydrogen-bond acceptors (Lipinski definition) is 2. The van der Waals surface area contributed by atoms with Gasteiger partial charge in [-0.15, -0.1) is 8.86 Å². The summed E-state index contributed by atoms with van der Waals surface area (Å²) in [6, 6.07) is 16.0. The maximum atomic E-state index is 5.83. The summed E-state index contributed by atoms with van der Waals surface area (Å²) in [5.74, 6) is 0. The van der Waals surface area contributed by atoms with Gasteiger partial charge in [-0.1, -0.05) is 36.4 Å². The molecule has 0 fully saturated rings. The summed E-state index contributed by atoms with van der Waals surface area (Å²) < 4.78 is 11.7. The molecule has 17 heavy (non-hydrogen) atoms. The molecule has 0 saturated carbocycles. The summed E-state index contributed by atoms with van der Waals surface area (Å²) in [6.07, 6.45) is 0. The molecule has 0 N–H and O–H groups in total. The molecule has 0 saturated heterocycles. The monoisotopic (exact) mass is 260 g/mol. The Hall–Kier alpha value is -1.49. The average molecular weight is 260 g/mol. The van der Waals surface area contributed by atoms with Crippen molar-refractivity contribution in [3.8, 4) is 0 Å². The molecule has 1 aromatic heterocycles. The SMILES string of the molecule is P=Cp1oc2ccccc2c2ccccc2o1. The minimum Gasteiger partial charge on any atom is -0.416 e. The fraction of sp³-hybridized carbons (Fsp3) is 0. The zero-order valence-electron chi connectivity index (χ0n) is 8.96. The first-order valence-electron chi connectivity index (χ1n) is 5.22. The van der Waals surface area contributed by atoms with E-state index in [4.69, 9.17) is 8.39 Å². The second-order valence-corrected chi connectivity index (χ2v) is 5.56. The van der Waals surface area contributed by atoms with Gasteiger partial charge in [0.25, 0.3) is 0 Å². The molecule has 2 aromatic carbocycles. The first kappa shape index (κ1) is 10.7. The van der Waals surface area contributed by atoms with Gasteiger partial charge >= 0.3 is 0 Å². The molecule has 0 spiro atoms. The van der Waals surface area contributed by atoms with Crippen LogP contribution in [0.3, 0.4) is 0 Å². The molecular weight excluding hydrogens is 250 g/mol. The van der Waals surface area contributed by atoms with Crippen LogP contribution in [-0.4, -0.2) is 5.54 Å². The predicted molar refractivity (Wildman–Crippen MR) is 76.1 cm³/mol. The van der Waals surface area contributed by atoms with Gasteiger partial charge in [-0.2, -0.15) is 0 Å². The lowest BCUT2D eigenvalue weighted by atomic mass is 10.1. The van der Waals surface area contributed by atoms with Gasteiger partial charge in [0.1, 0.15) is 11.2 Å². The van der Waals surface area contributed by atoms with Crippen LogP contribution in [0, 0.1) is 0 Å². The van der Waals surface area contributed by atoms with Crippen molar-refractivity contribution in [1.82, 2.24) is 0 Å². The molecule has 4 heteroatoms. The van der Waals surface area contributed by atoms with Crippen LogP contribution in [0.25, 0.3) is 21.9 Å². The second kappa shape index (κ2) is 4.41. The highest BCUT2D eigenvalue weighted by atomic mass is 31.1. The van der Waals surface area contributed by atoms with Crippen LogP contribution in [0.2, 0.25) is 0 Å². The molecule has 0 aliphatic carbocycles. The highest BCUT2D eigenvalue weighted by molar-refractivity contribution is 7.65. The van der Waals surface area contributed by atoms with E-state index in [1.54, 1.807) is 5.54 Å². The van der Waals surface area contributed by atoms with E-state index in [0.29, 0.717) is 0 Å². The molecule has 0 radical (unpaired) electrons. The minimum atomic E-state index is -1.08. The van der Waals surface area contributed by atoms with Crippen LogP contribution in [0.5, 0.6) is 0 Å². The minimum absolute atomic E-state index is 0.859. The van der Waals surface area contributed by atoms with Crippen LogP contribution in [-0.2, 0) is 0 Å². The Morgan fingerprint density at radius 2 is 1.29 bits per heavy atom. The van der Waals surface area contributed by atoms with E-state index in [1.165, 1.54) is 0 Å². The zero-order chi connectivity index (χ0) is 11.7. The zero-order valence-corrected chi connectivity index (χ0v) is 10.9. The lowest BCUT2D eigenvalue weighted by Gasteiger charge is -1.92. The Morgan fingerprint density at radius 1 is 0.824 bits per heavy atom. The largest absolute Gasteiger partial charge is 0.416 e. The highest BCUT2D eigenvalue weighted by Gasteiger charge is 2.02. The van der Waals surface area contributed by atoms with Crippen molar-refractivity contribution in [2.75, 3.05) is 0 Å². The van der Waals surface area contributed by atoms with Crippen LogP contribution in [0.4, 0.5) is 0 Å². The van der Waals surface area contributed by atoms with Crippen molar-refractivity contribution in [3.05, 3.63) is 48.5 Å². The van der Waals surface area contributed by atoms with E-state index < -0.39 is 8.01 Å². The third-order valence-corrected chi connectivity index (χ3v) is 4.14. The van der Waals surface area contributed by atoms with Crippen molar-refractivity contribution in [2.45, 2.75) is 0 Å². The predicted octanol–water partition coefficient (Wildman–Crippen LogP) is 5.04. The third kappa shape index (κ3) is 1.91. The van der Waals surface area contributed by atoms with Crippen LogP contribution in [0.1, 0.15) is 0 Å².